The van der Waals surface area contributed by atoms with Crippen LogP contribution in [0.3, 0.4) is 0 Å². The molecule has 2 aromatic heterocycles. The predicted octanol–water partition coefficient (Wildman–Crippen LogP) is 4.32. The first-order valence-electron chi connectivity index (χ1n) is 11.7. The number of primary amides is 1. The summed E-state index contributed by atoms with van der Waals surface area (Å²) in [7, 11) is 0. The number of benzene rings is 2. The molecule has 176 valence electrons. The van der Waals surface area contributed by atoms with Crippen LogP contribution in [0.25, 0.3) is 10.9 Å². The van der Waals surface area contributed by atoms with Gasteiger partial charge in [0.15, 0.2) is 0 Å². The highest BCUT2D eigenvalue weighted by molar-refractivity contribution is 5.98. The van der Waals surface area contributed by atoms with Gasteiger partial charge in [0.05, 0.1) is 29.4 Å². The molecule has 4 aromatic rings. The highest BCUT2D eigenvalue weighted by atomic mass is 16.5. The fourth-order valence-corrected chi connectivity index (χ4v) is 5.17. The molecule has 3 saturated carbocycles. The van der Waals surface area contributed by atoms with Crippen LogP contribution < -0.4 is 15.8 Å². The maximum atomic E-state index is 12.6. The minimum Gasteiger partial charge on any atom is -0.456 e. The molecule has 0 radical (unpaired) electrons. The Labute approximate surface area is 202 Å². The number of fused-ring (bicyclic) bond motifs is 1. The van der Waals surface area contributed by atoms with Crippen LogP contribution in [0.5, 0.6) is 11.5 Å². The number of rotatable bonds is 7. The summed E-state index contributed by atoms with van der Waals surface area (Å²) in [5.74, 6) is 1.51. The van der Waals surface area contributed by atoms with E-state index in [9.17, 15) is 9.59 Å². The van der Waals surface area contributed by atoms with E-state index in [1.165, 1.54) is 19.3 Å². The van der Waals surface area contributed by atoms with Gasteiger partial charge in [-0.3, -0.25) is 19.3 Å². The van der Waals surface area contributed by atoms with Crippen LogP contribution in [0.2, 0.25) is 0 Å². The van der Waals surface area contributed by atoms with Crippen molar-refractivity contribution < 1.29 is 14.3 Å². The van der Waals surface area contributed by atoms with Crippen LogP contribution in [-0.2, 0) is 16.8 Å². The summed E-state index contributed by atoms with van der Waals surface area (Å²) in [6.45, 7) is 1.93. The molecule has 3 fully saturated rings. The molecule has 0 unspecified atom stereocenters. The van der Waals surface area contributed by atoms with Crippen molar-refractivity contribution >= 4 is 28.4 Å². The zero-order valence-corrected chi connectivity index (χ0v) is 19.3. The molecular weight excluding hydrogens is 442 g/mol. The molecule has 2 bridgehead atoms. The van der Waals surface area contributed by atoms with Crippen molar-refractivity contribution in [3.05, 3.63) is 77.7 Å². The lowest BCUT2D eigenvalue weighted by Gasteiger charge is -2.61. The summed E-state index contributed by atoms with van der Waals surface area (Å²) in [6.07, 6.45) is 9.19. The fraction of sp³-hybridized carbons (Fsp3) is 0.259. The molecular formula is C27H25N5O3. The molecule has 2 heterocycles. The number of hydrogen-bond donors (Lipinski definition) is 2. The number of amides is 2. The van der Waals surface area contributed by atoms with Gasteiger partial charge in [0.2, 0.25) is 11.8 Å². The summed E-state index contributed by atoms with van der Waals surface area (Å²) in [5, 5.41) is 8.12. The quantitative estimate of drug-likeness (QED) is 0.420. The molecule has 0 spiro atoms. The van der Waals surface area contributed by atoms with E-state index in [4.69, 9.17) is 10.5 Å². The van der Waals surface area contributed by atoms with Gasteiger partial charge in [-0.2, -0.15) is 5.10 Å². The highest BCUT2D eigenvalue weighted by Gasteiger charge is 2.58. The van der Waals surface area contributed by atoms with E-state index in [0.29, 0.717) is 28.0 Å². The average Bonchev–Trinajstić information content (AvgIpc) is 3.20. The number of carbonyl (C=O) groups excluding carboxylic acids is 2. The SMILES string of the molecule is Cc1cc(CC(=O)Nc2cnn(C34CC(C3)C4)c2)ccc1Oc1ccnc2ccc(C(N)=O)cc12. The molecule has 0 aliphatic heterocycles. The Balaban J connectivity index is 1.14. The van der Waals surface area contributed by atoms with E-state index in [1.807, 2.05) is 36.0 Å². The first-order valence-corrected chi connectivity index (χ1v) is 11.7. The second kappa shape index (κ2) is 7.94. The smallest absolute Gasteiger partial charge is 0.248 e. The Kier molecular flexibility index (Phi) is 4.84. The number of aromatic nitrogens is 3. The number of nitrogens with zero attached hydrogens (tertiary/aromatic N) is 3. The fourth-order valence-electron chi connectivity index (χ4n) is 5.17. The second-order valence-electron chi connectivity index (χ2n) is 9.71. The number of anilines is 1. The third kappa shape index (κ3) is 3.80. The first kappa shape index (κ1) is 21.3. The summed E-state index contributed by atoms with van der Waals surface area (Å²) >= 11 is 0. The summed E-state index contributed by atoms with van der Waals surface area (Å²) in [4.78, 5) is 28.6. The Morgan fingerprint density at radius 2 is 1.97 bits per heavy atom. The molecule has 3 aliphatic carbocycles. The molecule has 2 aromatic carbocycles. The normalized spacial score (nSPS) is 20.1. The third-order valence-corrected chi connectivity index (χ3v) is 7.17. The predicted molar refractivity (Wildman–Crippen MR) is 131 cm³/mol. The van der Waals surface area contributed by atoms with Gasteiger partial charge in [0.25, 0.3) is 0 Å². The number of pyridine rings is 1. The van der Waals surface area contributed by atoms with Gasteiger partial charge in [-0.1, -0.05) is 12.1 Å². The largest absolute Gasteiger partial charge is 0.456 e. The van der Waals surface area contributed by atoms with E-state index in [0.717, 1.165) is 22.7 Å². The Hall–Kier alpha value is -4.20. The van der Waals surface area contributed by atoms with Gasteiger partial charge < -0.3 is 15.8 Å². The molecule has 3 N–H and O–H groups in total. The van der Waals surface area contributed by atoms with Crippen molar-refractivity contribution in [3.8, 4) is 11.5 Å². The molecule has 7 rings (SSSR count). The maximum Gasteiger partial charge on any atom is 0.248 e. The van der Waals surface area contributed by atoms with Crippen LogP contribution in [-0.4, -0.2) is 26.6 Å². The van der Waals surface area contributed by atoms with Gasteiger partial charge in [0, 0.05) is 23.3 Å². The molecule has 0 saturated heterocycles. The number of nitrogens with two attached hydrogens (primary N) is 1. The van der Waals surface area contributed by atoms with Crippen LogP contribution in [0.1, 0.15) is 40.7 Å². The minimum absolute atomic E-state index is 0.0886. The van der Waals surface area contributed by atoms with Gasteiger partial charge in [0.1, 0.15) is 11.5 Å². The number of carbonyl (C=O) groups is 2. The molecule has 35 heavy (non-hydrogen) atoms. The van der Waals surface area contributed by atoms with Gasteiger partial charge >= 0.3 is 0 Å². The summed E-state index contributed by atoms with van der Waals surface area (Å²) in [5.41, 5.74) is 9.24. The minimum atomic E-state index is -0.507. The van der Waals surface area contributed by atoms with E-state index < -0.39 is 5.91 Å². The Morgan fingerprint density at radius 1 is 1.14 bits per heavy atom. The van der Waals surface area contributed by atoms with Crippen molar-refractivity contribution in [2.24, 2.45) is 11.7 Å². The number of hydrogen-bond acceptors (Lipinski definition) is 5. The lowest BCUT2D eigenvalue weighted by Crippen LogP contribution is -2.59. The average molecular weight is 468 g/mol. The molecule has 8 heteroatoms. The van der Waals surface area contributed by atoms with Crippen LogP contribution in [0.4, 0.5) is 5.69 Å². The van der Waals surface area contributed by atoms with E-state index in [1.54, 1.807) is 36.7 Å². The van der Waals surface area contributed by atoms with Crippen molar-refractivity contribution in [3.63, 3.8) is 0 Å². The van der Waals surface area contributed by atoms with Gasteiger partial charge in [-0.15, -0.1) is 0 Å². The Morgan fingerprint density at radius 3 is 2.69 bits per heavy atom. The standard InChI is InChI=1S/C27H25N5O3/c1-16-8-17(9-25(33)31-20-14-30-32(15-20)27-11-18(12-27)13-27)2-5-23(16)35-24-6-7-29-22-4-3-19(26(28)34)10-21(22)24/h2-8,10,14-15,18H,9,11-13H2,1H3,(H2,28,34)(H,31,33). The number of aryl methyl sites for hydroxylation is 1. The first-order chi connectivity index (χ1) is 16.9. The van der Waals surface area contributed by atoms with E-state index >= 15 is 0 Å². The monoisotopic (exact) mass is 467 g/mol. The number of nitrogens with one attached hydrogen (secondary N) is 1. The van der Waals surface area contributed by atoms with E-state index in [2.05, 4.69) is 15.4 Å². The van der Waals surface area contributed by atoms with Crippen LogP contribution >= 0.6 is 0 Å². The highest BCUT2D eigenvalue weighted by Crippen LogP contribution is 2.62. The van der Waals surface area contributed by atoms with Crippen molar-refractivity contribution in [2.75, 3.05) is 5.32 Å². The lowest BCUT2D eigenvalue weighted by atomic mass is 9.50. The Bertz CT molecular complexity index is 1470. The molecule has 8 nitrogen and oxygen atoms in total. The van der Waals surface area contributed by atoms with Crippen molar-refractivity contribution in [1.82, 2.24) is 14.8 Å². The topological polar surface area (TPSA) is 112 Å². The molecule has 0 atom stereocenters. The second-order valence-corrected chi connectivity index (χ2v) is 9.71. The van der Waals surface area contributed by atoms with Gasteiger partial charge in [-0.25, -0.2) is 0 Å². The van der Waals surface area contributed by atoms with Crippen molar-refractivity contribution in [1.29, 1.82) is 0 Å². The summed E-state index contributed by atoms with van der Waals surface area (Å²) < 4.78 is 8.19. The van der Waals surface area contributed by atoms with Crippen molar-refractivity contribution in [2.45, 2.75) is 38.1 Å². The van der Waals surface area contributed by atoms with E-state index in [-0.39, 0.29) is 17.9 Å². The van der Waals surface area contributed by atoms with Crippen LogP contribution in [0.15, 0.2) is 61.1 Å². The zero-order valence-electron chi connectivity index (χ0n) is 19.3. The lowest BCUT2D eigenvalue weighted by molar-refractivity contribution is -0.115. The van der Waals surface area contributed by atoms with Crippen LogP contribution in [0, 0.1) is 12.8 Å². The maximum absolute atomic E-state index is 12.6. The van der Waals surface area contributed by atoms with Gasteiger partial charge in [-0.05, 0) is 73.6 Å². The molecule has 3 aliphatic rings. The zero-order chi connectivity index (χ0) is 24.2. The summed E-state index contributed by atoms with van der Waals surface area (Å²) in [6, 6.07) is 12.5. The number of ether oxygens (including phenoxy) is 1. The molecule has 2 amide bonds. The third-order valence-electron chi connectivity index (χ3n) is 7.17.